The van der Waals surface area contributed by atoms with E-state index in [-0.39, 0.29) is 11.8 Å². The quantitative estimate of drug-likeness (QED) is 0.549. The lowest BCUT2D eigenvalue weighted by atomic mass is 9.88. The van der Waals surface area contributed by atoms with Gasteiger partial charge in [0.1, 0.15) is 0 Å². The van der Waals surface area contributed by atoms with Crippen LogP contribution < -0.4 is 0 Å². The van der Waals surface area contributed by atoms with Crippen molar-refractivity contribution in [3.8, 4) is 0 Å². The minimum Gasteiger partial charge on any atom is -0.412 e. The molecule has 0 aliphatic carbocycles. The molecule has 0 rings (SSSR count). The maximum atomic E-state index is 10.6. The highest BCUT2D eigenvalue weighted by molar-refractivity contribution is 7.46. The highest BCUT2D eigenvalue weighted by Crippen LogP contribution is 2.38. The molecule has 0 amide bonds. The van der Waals surface area contributed by atoms with E-state index in [4.69, 9.17) is 9.79 Å². The van der Waals surface area contributed by atoms with E-state index in [0.717, 1.165) is 18.4 Å². The number of hydrogen-bond donors (Lipinski definition) is 2. The summed E-state index contributed by atoms with van der Waals surface area (Å²) in [7, 11) is -4.40. The predicted molar refractivity (Wildman–Crippen MR) is 60.1 cm³/mol. The van der Waals surface area contributed by atoms with Gasteiger partial charge in [0.05, 0.1) is 6.26 Å². The van der Waals surface area contributed by atoms with Gasteiger partial charge in [-0.3, -0.25) is 9.79 Å². The van der Waals surface area contributed by atoms with Crippen LogP contribution in [0.1, 0.15) is 40.5 Å². The normalized spacial score (nSPS) is 15.6. The topological polar surface area (TPSA) is 66.8 Å². The van der Waals surface area contributed by atoms with E-state index >= 15 is 0 Å². The Morgan fingerprint density at radius 1 is 1.27 bits per heavy atom. The van der Waals surface area contributed by atoms with Gasteiger partial charge in [0.15, 0.2) is 0 Å². The van der Waals surface area contributed by atoms with Crippen LogP contribution in [-0.4, -0.2) is 9.79 Å². The second-order valence-corrected chi connectivity index (χ2v) is 5.02. The van der Waals surface area contributed by atoms with Crippen molar-refractivity contribution < 1.29 is 18.9 Å². The Morgan fingerprint density at radius 3 is 1.93 bits per heavy atom. The van der Waals surface area contributed by atoms with Crippen molar-refractivity contribution in [2.24, 2.45) is 11.8 Å². The second kappa shape index (κ2) is 6.31. The third kappa shape index (κ3) is 5.98. The van der Waals surface area contributed by atoms with Crippen molar-refractivity contribution in [1.29, 1.82) is 0 Å². The minimum atomic E-state index is -4.40. The van der Waals surface area contributed by atoms with E-state index in [1.165, 1.54) is 6.26 Å². The Hall–Kier alpha value is -0.310. The summed E-state index contributed by atoms with van der Waals surface area (Å²) in [6, 6.07) is 0. The molecule has 0 fully saturated rings. The Labute approximate surface area is 91.6 Å². The van der Waals surface area contributed by atoms with Crippen LogP contribution in [0.5, 0.6) is 0 Å². The fourth-order valence-corrected chi connectivity index (χ4v) is 1.58. The molecule has 0 spiro atoms. The van der Waals surface area contributed by atoms with Gasteiger partial charge in [0.2, 0.25) is 0 Å². The molecule has 0 saturated carbocycles. The van der Waals surface area contributed by atoms with Gasteiger partial charge in [-0.2, -0.15) is 0 Å². The summed E-state index contributed by atoms with van der Waals surface area (Å²) < 4.78 is 15.0. The zero-order valence-electron chi connectivity index (χ0n) is 9.80. The molecule has 0 heterocycles. The Kier molecular flexibility index (Phi) is 6.18. The van der Waals surface area contributed by atoms with Gasteiger partial charge in [0.25, 0.3) is 0 Å². The van der Waals surface area contributed by atoms with Crippen molar-refractivity contribution in [2.45, 2.75) is 40.5 Å². The number of allylic oxidation sites excluding steroid dienone is 1. The first-order valence-corrected chi connectivity index (χ1v) is 6.78. The van der Waals surface area contributed by atoms with Crippen LogP contribution in [0.25, 0.3) is 0 Å². The molecule has 15 heavy (non-hydrogen) atoms. The third-order valence-corrected chi connectivity index (χ3v) is 3.07. The molecule has 2 unspecified atom stereocenters. The summed E-state index contributed by atoms with van der Waals surface area (Å²) in [5.74, 6) is 0.568. The van der Waals surface area contributed by atoms with Gasteiger partial charge >= 0.3 is 7.82 Å². The minimum absolute atomic E-state index is 0.284. The lowest BCUT2D eigenvalue weighted by Crippen LogP contribution is -2.07. The summed E-state index contributed by atoms with van der Waals surface area (Å²) >= 11 is 0. The summed E-state index contributed by atoms with van der Waals surface area (Å²) in [4.78, 5) is 17.2. The zero-order chi connectivity index (χ0) is 12.1. The summed E-state index contributed by atoms with van der Waals surface area (Å²) in [6.45, 7) is 8.14. The fraction of sp³-hybridized carbons (Fsp3) is 0.800. The summed E-state index contributed by atoms with van der Waals surface area (Å²) in [5.41, 5.74) is 0.961. The SMILES string of the molecule is CCC(C)C(=COP(=O)(O)O)C(C)CC. The van der Waals surface area contributed by atoms with E-state index < -0.39 is 7.82 Å². The van der Waals surface area contributed by atoms with Crippen LogP contribution in [0.4, 0.5) is 0 Å². The molecule has 0 aliphatic heterocycles. The molecule has 0 aromatic carbocycles. The van der Waals surface area contributed by atoms with E-state index in [2.05, 4.69) is 4.52 Å². The number of hydrogen-bond acceptors (Lipinski definition) is 2. The van der Waals surface area contributed by atoms with Gasteiger partial charge < -0.3 is 4.52 Å². The fourth-order valence-electron chi connectivity index (χ4n) is 1.32. The van der Waals surface area contributed by atoms with Crippen LogP contribution in [-0.2, 0) is 9.09 Å². The van der Waals surface area contributed by atoms with E-state index in [0.29, 0.717) is 0 Å². The number of phosphoric ester groups is 1. The monoisotopic (exact) mass is 236 g/mol. The molecule has 90 valence electrons. The number of rotatable bonds is 6. The first kappa shape index (κ1) is 14.7. The van der Waals surface area contributed by atoms with Crippen LogP contribution in [0, 0.1) is 11.8 Å². The Morgan fingerprint density at radius 2 is 1.67 bits per heavy atom. The van der Waals surface area contributed by atoms with Crippen molar-refractivity contribution in [2.75, 3.05) is 0 Å². The van der Waals surface area contributed by atoms with Gasteiger partial charge in [-0.15, -0.1) is 0 Å². The standard InChI is InChI=1S/C10H21O4P/c1-5-8(3)10(9(4)6-2)7-14-15(11,12)13/h7-9H,5-6H2,1-4H3,(H2,11,12,13). The van der Waals surface area contributed by atoms with Crippen LogP contribution in [0.2, 0.25) is 0 Å². The molecule has 0 bridgehead atoms. The summed E-state index contributed by atoms with van der Waals surface area (Å²) in [5, 5.41) is 0. The maximum Gasteiger partial charge on any atom is 0.524 e. The molecule has 0 aliphatic rings. The largest absolute Gasteiger partial charge is 0.524 e. The molecule has 0 aromatic heterocycles. The van der Waals surface area contributed by atoms with Gasteiger partial charge in [-0.05, 0) is 30.3 Å². The first-order valence-electron chi connectivity index (χ1n) is 5.25. The van der Waals surface area contributed by atoms with Crippen molar-refractivity contribution in [3.05, 3.63) is 11.8 Å². The van der Waals surface area contributed by atoms with E-state index in [1.54, 1.807) is 0 Å². The van der Waals surface area contributed by atoms with E-state index in [1.807, 2.05) is 27.7 Å². The van der Waals surface area contributed by atoms with Crippen molar-refractivity contribution in [1.82, 2.24) is 0 Å². The molecule has 4 nitrogen and oxygen atoms in total. The lowest BCUT2D eigenvalue weighted by Gasteiger charge is -2.19. The average Bonchev–Trinajstić information content (AvgIpc) is 2.15. The first-order chi connectivity index (χ1) is 6.81. The molecule has 0 aromatic rings. The molecule has 0 saturated heterocycles. The Bertz CT molecular complexity index is 244. The highest BCUT2D eigenvalue weighted by Gasteiger charge is 2.17. The lowest BCUT2D eigenvalue weighted by molar-refractivity contribution is 0.254. The third-order valence-electron chi connectivity index (χ3n) is 2.69. The zero-order valence-corrected chi connectivity index (χ0v) is 10.7. The average molecular weight is 236 g/mol. The van der Waals surface area contributed by atoms with Crippen molar-refractivity contribution in [3.63, 3.8) is 0 Å². The number of phosphoric acid groups is 1. The van der Waals surface area contributed by atoms with Gasteiger partial charge in [-0.25, -0.2) is 4.57 Å². The highest BCUT2D eigenvalue weighted by atomic mass is 31.2. The smallest absolute Gasteiger partial charge is 0.412 e. The maximum absolute atomic E-state index is 10.6. The summed E-state index contributed by atoms with van der Waals surface area (Å²) in [6.07, 6.45) is 3.10. The predicted octanol–water partition coefficient (Wildman–Crippen LogP) is 3.07. The van der Waals surface area contributed by atoms with Crippen LogP contribution >= 0.6 is 7.82 Å². The molecule has 5 heteroatoms. The van der Waals surface area contributed by atoms with Gasteiger partial charge in [-0.1, -0.05) is 27.7 Å². The van der Waals surface area contributed by atoms with Crippen molar-refractivity contribution >= 4 is 7.82 Å². The molecular weight excluding hydrogens is 215 g/mol. The van der Waals surface area contributed by atoms with Crippen LogP contribution in [0.3, 0.4) is 0 Å². The van der Waals surface area contributed by atoms with E-state index in [9.17, 15) is 4.57 Å². The second-order valence-electron chi connectivity index (χ2n) is 3.83. The van der Waals surface area contributed by atoms with Crippen LogP contribution in [0.15, 0.2) is 11.8 Å². The molecule has 2 N–H and O–H groups in total. The Balaban J connectivity index is 4.70. The molecular formula is C10H21O4P. The molecule has 2 atom stereocenters. The van der Waals surface area contributed by atoms with Gasteiger partial charge in [0, 0.05) is 0 Å². The molecule has 0 radical (unpaired) electrons.